The first-order valence-electron chi connectivity index (χ1n) is 12.2. The Bertz CT molecular complexity index is 1630. The number of carbonyl (C=O) groups excluding carboxylic acids is 1. The van der Waals surface area contributed by atoms with Crippen LogP contribution in [-0.4, -0.2) is 11.0 Å². The minimum absolute atomic E-state index is 0.0572. The van der Waals surface area contributed by atoms with Crippen LogP contribution in [0.3, 0.4) is 0 Å². The second-order valence-electron chi connectivity index (χ2n) is 9.59. The molecule has 2 aliphatic rings. The molecule has 0 unspecified atom stereocenters. The van der Waals surface area contributed by atoms with Gasteiger partial charge in [-0.1, -0.05) is 42.5 Å². The summed E-state index contributed by atoms with van der Waals surface area (Å²) in [7, 11) is 0. The average Bonchev–Trinajstić information content (AvgIpc) is 3.48. The highest BCUT2D eigenvalue weighted by Gasteiger charge is 2.43. The third kappa shape index (κ3) is 4.01. The van der Waals surface area contributed by atoms with E-state index >= 15 is 0 Å². The molecular formula is C31H24F2N2O3. The molecule has 0 aromatic heterocycles. The van der Waals surface area contributed by atoms with Gasteiger partial charge in [0.05, 0.1) is 5.70 Å². The number of fused-ring (bicyclic) bond motifs is 8. The van der Waals surface area contributed by atoms with Crippen LogP contribution in [0.25, 0.3) is 16.8 Å². The number of aliphatic hydroxyl groups excluding tert-OH is 1. The molecule has 2 bridgehead atoms. The zero-order chi connectivity index (χ0) is 26.6. The molecular weight excluding hydrogens is 486 g/mol. The fourth-order valence-corrected chi connectivity index (χ4v) is 5.17. The molecule has 6 rings (SSSR count). The maximum absolute atomic E-state index is 14.4. The molecule has 190 valence electrons. The van der Waals surface area contributed by atoms with Gasteiger partial charge in [0.25, 0.3) is 5.91 Å². The smallest absolute Gasteiger partial charge is 0.251 e. The molecule has 2 atom stereocenters. The number of ether oxygens (including phenoxy) is 1. The third-order valence-electron chi connectivity index (χ3n) is 7.19. The van der Waals surface area contributed by atoms with Gasteiger partial charge in [0, 0.05) is 29.3 Å². The second kappa shape index (κ2) is 9.11. The van der Waals surface area contributed by atoms with Crippen LogP contribution in [-0.2, 0) is 11.3 Å². The number of carbonyl (C=O) groups is 1. The van der Waals surface area contributed by atoms with Crippen molar-refractivity contribution in [3.63, 3.8) is 0 Å². The summed E-state index contributed by atoms with van der Waals surface area (Å²) < 4.78 is 34.0. The summed E-state index contributed by atoms with van der Waals surface area (Å²) >= 11 is 0. The van der Waals surface area contributed by atoms with Gasteiger partial charge in [-0.15, -0.1) is 0 Å². The Morgan fingerprint density at radius 3 is 2.24 bits per heavy atom. The van der Waals surface area contributed by atoms with Crippen LogP contribution in [0, 0.1) is 11.6 Å². The standard InChI is InChI=1S/C31H24F2N2O3/c1-16(36)28(34)18-4-2-17(3-5-18)15-35-31(37)20-7-10-24-26(13-20)30-25-12-19(6-9-23(25)29(24)38-30)22-11-8-21(32)14-27(22)33/h2-14,29-30,36H,15,34H2,1H3,(H,35,37)/b28-16+/t29-,30+/m0/s1. The Kier molecular flexibility index (Phi) is 5.73. The van der Waals surface area contributed by atoms with Crippen molar-refractivity contribution in [1.29, 1.82) is 0 Å². The lowest BCUT2D eigenvalue weighted by atomic mass is 9.83. The molecule has 0 aliphatic carbocycles. The zero-order valence-corrected chi connectivity index (χ0v) is 20.5. The summed E-state index contributed by atoms with van der Waals surface area (Å²) in [5.41, 5.74) is 13.1. The summed E-state index contributed by atoms with van der Waals surface area (Å²) in [5.74, 6) is -1.40. The number of allylic oxidation sites excluding steroid dienone is 1. The fraction of sp³-hybridized carbons (Fsp3) is 0.129. The molecule has 4 aromatic carbocycles. The number of hydrogen-bond donors (Lipinski definition) is 3. The van der Waals surface area contributed by atoms with E-state index < -0.39 is 11.6 Å². The summed E-state index contributed by atoms with van der Waals surface area (Å²) in [5, 5.41) is 12.5. The van der Waals surface area contributed by atoms with Crippen molar-refractivity contribution < 1.29 is 23.4 Å². The van der Waals surface area contributed by atoms with Crippen LogP contribution in [0.1, 0.15) is 62.9 Å². The number of nitrogens with one attached hydrogen (secondary N) is 1. The number of benzene rings is 4. The van der Waals surface area contributed by atoms with Crippen LogP contribution in [0.5, 0.6) is 0 Å². The molecule has 0 radical (unpaired) electrons. The van der Waals surface area contributed by atoms with Gasteiger partial charge in [0.2, 0.25) is 0 Å². The Balaban J connectivity index is 1.21. The van der Waals surface area contributed by atoms with E-state index in [4.69, 9.17) is 10.5 Å². The predicted octanol–water partition coefficient (Wildman–Crippen LogP) is 6.29. The molecule has 2 aliphatic heterocycles. The average molecular weight is 511 g/mol. The van der Waals surface area contributed by atoms with E-state index in [0.717, 1.165) is 33.9 Å². The Morgan fingerprint density at radius 2 is 1.53 bits per heavy atom. The number of aliphatic hydroxyl groups is 1. The molecule has 0 spiro atoms. The van der Waals surface area contributed by atoms with Gasteiger partial charge in [0.1, 0.15) is 29.6 Å². The Morgan fingerprint density at radius 1 is 0.868 bits per heavy atom. The lowest BCUT2D eigenvalue weighted by Gasteiger charge is -2.18. The van der Waals surface area contributed by atoms with Crippen molar-refractivity contribution in [3.05, 3.63) is 135 Å². The molecule has 1 amide bonds. The topological polar surface area (TPSA) is 84.6 Å². The van der Waals surface area contributed by atoms with E-state index in [1.165, 1.54) is 19.1 Å². The van der Waals surface area contributed by atoms with Crippen molar-refractivity contribution in [2.45, 2.75) is 25.7 Å². The van der Waals surface area contributed by atoms with Gasteiger partial charge in [-0.05, 0) is 70.6 Å². The first-order valence-corrected chi connectivity index (χ1v) is 12.2. The van der Waals surface area contributed by atoms with Gasteiger partial charge in [0.15, 0.2) is 0 Å². The van der Waals surface area contributed by atoms with E-state index in [1.807, 2.05) is 42.5 Å². The van der Waals surface area contributed by atoms with Gasteiger partial charge >= 0.3 is 0 Å². The summed E-state index contributed by atoms with van der Waals surface area (Å²) in [6.45, 7) is 1.86. The summed E-state index contributed by atoms with van der Waals surface area (Å²) in [4.78, 5) is 13.0. The normalized spacial score (nSPS) is 17.6. The lowest BCUT2D eigenvalue weighted by Crippen LogP contribution is -2.23. The van der Waals surface area contributed by atoms with Gasteiger partial charge in [-0.3, -0.25) is 4.79 Å². The first-order chi connectivity index (χ1) is 18.3. The van der Waals surface area contributed by atoms with Gasteiger partial charge < -0.3 is 20.9 Å². The van der Waals surface area contributed by atoms with E-state index in [9.17, 15) is 18.7 Å². The second-order valence-corrected chi connectivity index (χ2v) is 9.59. The molecule has 4 N–H and O–H groups in total. The van der Waals surface area contributed by atoms with Gasteiger partial charge in [-0.25, -0.2) is 8.78 Å². The molecule has 5 nitrogen and oxygen atoms in total. The minimum Gasteiger partial charge on any atom is -0.510 e. The fourth-order valence-electron chi connectivity index (χ4n) is 5.17. The highest BCUT2D eigenvalue weighted by Crippen LogP contribution is 2.54. The van der Waals surface area contributed by atoms with Crippen LogP contribution >= 0.6 is 0 Å². The Hall–Kier alpha value is -4.49. The SMILES string of the molecule is C/C(O)=C(\N)c1ccc(CNC(=O)c2ccc3c(c2)[C@@H]2O[C@H]3c3ccc(-c4ccc(F)cc4F)cc32)cc1. The van der Waals surface area contributed by atoms with Crippen molar-refractivity contribution in [2.24, 2.45) is 5.73 Å². The van der Waals surface area contributed by atoms with Crippen molar-refractivity contribution in [1.82, 2.24) is 5.32 Å². The first kappa shape index (κ1) is 23.9. The zero-order valence-electron chi connectivity index (χ0n) is 20.5. The van der Waals surface area contributed by atoms with Crippen LogP contribution < -0.4 is 11.1 Å². The van der Waals surface area contributed by atoms with E-state index in [-0.39, 0.29) is 23.9 Å². The minimum atomic E-state index is -0.620. The number of rotatable bonds is 5. The lowest BCUT2D eigenvalue weighted by molar-refractivity contribution is 0.0857. The van der Waals surface area contributed by atoms with Gasteiger partial charge in [-0.2, -0.15) is 0 Å². The number of halogens is 2. The largest absolute Gasteiger partial charge is 0.510 e. The molecule has 38 heavy (non-hydrogen) atoms. The molecule has 0 fully saturated rings. The van der Waals surface area contributed by atoms with Crippen LogP contribution in [0.4, 0.5) is 8.78 Å². The maximum Gasteiger partial charge on any atom is 0.251 e. The molecule has 2 heterocycles. The number of nitrogens with two attached hydrogens (primary N) is 1. The monoisotopic (exact) mass is 510 g/mol. The summed E-state index contributed by atoms with van der Waals surface area (Å²) in [6, 6.07) is 22.0. The highest BCUT2D eigenvalue weighted by molar-refractivity contribution is 5.94. The maximum atomic E-state index is 14.4. The quantitative estimate of drug-likeness (QED) is 0.276. The van der Waals surface area contributed by atoms with Crippen molar-refractivity contribution >= 4 is 11.6 Å². The van der Waals surface area contributed by atoms with Crippen LogP contribution in [0.15, 0.2) is 84.6 Å². The predicted molar refractivity (Wildman–Crippen MR) is 140 cm³/mol. The van der Waals surface area contributed by atoms with Crippen molar-refractivity contribution in [3.8, 4) is 11.1 Å². The summed E-state index contributed by atoms with van der Waals surface area (Å²) in [6.07, 6.45) is -0.598. The third-order valence-corrected chi connectivity index (χ3v) is 7.19. The van der Waals surface area contributed by atoms with E-state index in [1.54, 1.807) is 18.2 Å². The van der Waals surface area contributed by atoms with Crippen molar-refractivity contribution in [2.75, 3.05) is 0 Å². The van der Waals surface area contributed by atoms with E-state index in [0.29, 0.717) is 34.5 Å². The molecule has 0 saturated carbocycles. The molecule has 4 aromatic rings. The molecule has 0 saturated heterocycles. The number of amides is 1. The van der Waals surface area contributed by atoms with Crippen LogP contribution in [0.2, 0.25) is 0 Å². The molecule has 7 heteroatoms. The Labute approximate surface area is 218 Å². The highest BCUT2D eigenvalue weighted by atomic mass is 19.1. The number of hydrogen-bond acceptors (Lipinski definition) is 4. The van der Waals surface area contributed by atoms with E-state index in [2.05, 4.69) is 5.32 Å².